The number of nitriles is 1. The van der Waals surface area contributed by atoms with Gasteiger partial charge in [0.2, 0.25) is 0 Å². The molecular formula is C17H16N2O2. The summed E-state index contributed by atoms with van der Waals surface area (Å²) in [5.41, 5.74) is 1.56. The van der Waals surface area contributed by atoms with Gasteiger partial charge in [-0.2, -0.15) is 5.26 Å². The van der Waals surface area contributed by atoms with Crippen LogP contribution in [0.4, 0.5) is 0 Å². The number of rotatable bonds is 6. The molecule has 0 aliphatic rings. The van der Waals surface area contributed by atoms with Crippen LogP contribution >= 0.6 is 0 Å². The molecule has 0 amide bonds. The number of ketones is 1. The molecule has 21 heavy (non-hydrogen) atoms. The average Bonchev–Trinajstić information content (AvgIpc) is 2.55. The molecular weight excluding hydrogens is 264 g/mol. The number of benzene rings is 1. The lowest BCUT2D eigenvalue weighted by atomic mass is 9.96. The van der Waals surface area contributed by atoms with E-state index in [9.17, 15) is 10.1 Å². The number of methoxy groups -OCH3 is 1. The van der Waals surface area contributed by atoms with Gasteiger partial charge in [0.1, 0.15) is 11.7 Å². The summed E-state index contributed by atoms with van der Waals surface area (Å²) in [5, 5.41) is 9.19. The topological polar surface area (TPSA) is 63.0 Å². The van der Waals surface area contributed by atoms with Crippen molar-refractivity contribution in [3.63, 3.8) is 0 Å². The summed E-state index contributed by atoms with van der Waals surface area (Å²) < 4.78 is 5.09. The largest absolute Gasteiger partial charge is 0.497 e. The number of hydrogen-bond acceptors (Lipinski definition) is 4. The van der Waals surface area contributed by atoms with Crippen molar-refractivity contribution < 1.29 is 9.53 Å². The molecule has 0 radical (unpaired) electrons. The fourth-order valence-electron chi connectivity index (χ4n) is 2.05. The average molecular weight is 280 g/mol. The third-order valence-corrected chi connectivity index (χ3v) is 3.25. The molecule has 1 atom stereocenters. The standard InChI is InChI=1S/C17H16N2O2/c1-21-14-8-5-13(6-9-14)7-10-17(20)15(12-18)16-4-2-3-11-19-16/h2-6,8-9,11,15H,7,10H2,1H3. The van der Waals surface area contributed by atoms with Crippen molar-refractivity contribution in [1.29, 1.82) is 5.26 Å². The number of ether oxygens (including phenoxy) is 1. The van der Waals surface area contributed by atoms with E-state index in [2.05, 4.69) is 4.98 Å². The van der Waals surface area contributed by atoms with Gasteiger partial charge in [-0.05, 0) is 36.2 Å². The zero-order valence-corrected chi connectivity index (χ0v) is 11.8. The van der Waals surface area contributed by atoms with Crippen LogP contribution in [0.5, 0.6) is 5.75 Å². The van der Waals surface area contributed by atoms with Crippen molar-refractivity contribution in [2.24, 2.45) is 0 Å². The fourth-order valence-corrected chi connectivity index (χ4v) is 2.05. The maximum Gasteiger partial charge on any atom is 0.156 e. The van der Waals surface area contributed by atoms with Crippen LogP contribution in [0, 0.1) is 11.3 Å². The van der Waals surface area contributed by atoms with Gasteiger partial charge in [0.15, 0.2) is 5.78 Å². The number of carbonyl (C=O) groups excluding carboxylic acids is 1. The molecule has 4 heteroatoms. The highest BCUT2D eigenvalue weighted by molar-refractivity contribution is 5.88. The molecule has 0 aliphatic heterocycles. The summed E-state index contributed by atoms with van der Waals surface area (Å²) in [6.07, 6.45) is 2.52. The first-order valence-electron chi connectivity index (χ1n) is 6.71. The number of nitrogens with zero attached hydrogens (tertiary/aromatic N) is 2. The number of carbonyl (C=O) groups is 1. The molecule has 0 saturated carbocycles. The van der Waals surface area contributed by atoms with Gasteiger partial charge in [0.05, 0.1) is 18.9 Å². The molecule has 1 aromatic carbocycles. The van der Waals surface area contributed by atoms with Crippen molar-refractivity contribution in [2.45, 2.75) is 18.8 Å². The summed E-state index contributed by atoms with van der Waals surface area (Å²) in [4.78, 5) is 16.3. The third kappa shape index (κ3) is 3.90. The van der Waals surface area contributed by atoms with Crippen molar-refractivity contribution in [3.05, 3.63) is 59.9 Å². The van der Waals surface area contributed by atoms with E-state index in [0.717, 1.165) is 11.3 Å². The normalized spacial score (nSPS) is 11.4. The van der Waals surface area contributed by atoms with Crippen LogP contribution in [0.3, 0.4) is 0 Å². The van der Waals surface area contributed by atoms with Crippen molar-refractivity contribution >= 4 is 5.78 Å². The van der Waals surface area contributed by atoms with Gasteiger partial charge in [-0.3, -0.25) is 9.78 Å². The minimum atomic E-state index is -0.788. The van der Waals surface area contributed by atoms with Crippen molar-refractivity contribution in [3.8, 4) is 11.8 Å². The van der Waals surface area contributed by atoms with Crippen LogP contribution in [-0.2, 0) is 11.2 Å². The number of hydrogen-bond donors (Lipinski definition) is 0. The quantitative estimate of drug-likeness (QED) is 0.816. The van der Waals surface area contributed by atoms with E-state index in [4.69, 9.17) is 4.74 Å². The number of aromatic nitrogens is 1. The molecule has 0 N–H and O–H groups in total. The monoisotopic (exact) mass is 280 g/mol. The molecule has 0 saturated heterocycles. The van der Waals surface area contributed by atoms with Crippen LogP contribution in [0.15, 0.2) is 48.7 Å². The maximum atomic E-state index is 12.2. The van der Waals surface area contributed by atoms with E-state index in [1.165, 1.54) is 0 Å². The Morgan fingerprint density at radius 2 is 2.05 bits per heavy atom. The maximum absolute atomic E-state index is 12.2. The van der Waals surface area contributed by atoms with Gasteiger partial charge in [-0.15, -0.1) is 0 Å². The zero-order chi connectivity index (χ0) is 15.1. The molecule has 0 aliphatic carbocycles. The Morgan fingerprint density at radius 3 is 2.62 bits per heavy atom. The summed E-state index contributed by atoms with van der Waals surface area (Å²) in [6, 6.07) is 14.9. The van der Waals surface area contributed by atoms with Crippen LogP contribution in [-0.4, -0.2) is 17.9 Å². The Bertz CT molecular complexity index is 630. The molecule has 0 fully saturated rings. The Morgan fingerprint density at radius 1 is 1.29 bits per heavy atom. The van der Waals surface area contributed by atoms with Crippen LogP contribution in [0.25, 0.3) is 0 Å². The molecule has 1 unspecified atom stereocenters. The molecule has 4 nitrogen and oxygen atoms in total. The van der Waals surface area contributed by atoms with Crippen LogP contribution < -0.4 is 4.74 Å². The van der Waals surface area contributed by atoms with E-state index < -0.39 is 5.92 Å². The van der Waals surface area contributed by atoms with Crippen LogP contribution in [0.1, 0.15) is 23.6 Å². The number of Topliss-reactive ketones (excluding diaryl/α,β-unsaturated/α-hetero) is 1. The second-order valence-corrected chi connectivity index (χ2v) is 4.63. The highest BCUT2D eigenvalue weighted by Crippen LogP contribution is 2.18. The molecule has 2 aromatic rings. The van der Waals surface area contributed by atoms with E-state index in [1.807, 2.05) is 30.3 Å². The summed E-state index contributed by atoms with van der Waals surface area (Å²) in [6.45, 7) is 0. The van der Waals surface area contributed by atoms with Crippen molar-refractivity contribution in [1.82, 2.24) is 4.98 Å². The highest BCUT2D eigenvalue weighted by atomic mass is 16.5. The van der Waals surface area contributed by atoms with E-state index >= 15 is 0 Å². The lowest BCUT2D eigenvalue weighted by Gasteiger charge is -2.08. The summed E-state index contributed by atoms with van der Waals surface area (Å²) in [7, 11) is 1.61. The highest BCUT2D eigenvalue weighted by Gasteiger charge is 2.20. The first-order valence-corrected chi connectivity index (χ1v) is 6.71. The minimum Gasteiger partial charge on any atom is -0.497 e. The predicted octanol–water partition coefficient (Wildman–Crippen LogP) is 2.90. The van der Waals surface area contributed by atoms with E-state index in [1.54, 1.807) is 31.5 Å². The third-order valence-electron chi connectivity index (χ3n) is 3.25. The van der Waals surface area contributed by atoms with Gasteiger partial charge in [-0.25, -0.2) is 0 Å². The second kappa shape index (κ2) is 7.20. The number of pyridine rings is 1. The Kier molecular flexibility index (Phi) is 5.05. The lowest BCUT2D eigenvalue weighted by molar-refractivity contribution is -0.119. The number of aryl methyl sites for hydroxylation is 1. The van der Waals surface area contributed by atoms with E-state index in [0.29, 0.717) is 18.5 Å². The van der Waals surface area contributed by atoms with Crippen molar-refractivity contribution in [2.75, 3.05) is 7.11 Å². The molecule has 0 spiro atoms. The van der Waals surface area contributed by atoms with E-state index in [-0.39, 0.29) is 5.78 Å². The van der Waals surface area contributed by atoms with Gasteiger partial charge in [-0.1, -0.05) is 18.2 Å². The molecule has 2 rings (SSSR count). The first-order chi connectivity index (χ1) is 10.2. The molecule has 106 valence electrons. The first kappa shape index (κ1) is 14.7. The fraction of sp³-hybridized carbons (Fsp3) is 0.235. The molecule has 1 heterocycles. The summed E-state index contributed by atoms with van der Waals surface area (Å²) in [5.74, 6) is -0.107. The van der Waals surface area contributed by atoms with Crippen LogP contribution in [0.2, 0.25) is 0 Å². The zero-order valence-electron chi connectivity index (χ0n) is 11.8. The smallest absolute Gasteiger partial charge is 0.156 e. The van der Waals surface area contributed by atoms with Gasteiger partial charge >= 0.3 is 0 Å². The minimum absolute atomic E-state index is 0.105. The SMILES string of the molecule is COc1ccc(CCC(=O)C(C#N)c2ccccn2)cc1. The summed E-state index contributed by atoms with van der Waals surface area (Å²) >= 11 is 0. The molecule has 1 aromatic heterocycles. The Labute approximate surface area is 124 Å². The predicted molar refractivity (Wildman–Crippen MR) is 78.9 cm³/mol. The van der Waals surface area contributed by atoms with Gasteiger partial charge in [0.25, 0.3) is 0 Å². The van der Waals surface area contributed by atoms with Gasteiger partial charge in [0, 0.05) is 12.6 Å². The van der Waals surface area contributed by atoms with Gasteiger partial charge < -0.3 is 4.74 Å². The Hall–Kier alpha value is -2.67. The lowest BCUT2D eigenvalue weighted by Crippen LogP contribution is -2.13. The Balaban J connectivity index is 1.98. The molecule has 0 bridgehead atoms. The second-order valence-electron chi connectivity index (χ2n) is 4.63.